The maximum absolute atomic E-state index is 12.1. The first-order chi connectivity index (χ1) is 7.69. The van der Waals surface area contributed by atoms with Gasteiger partial charge in [0, 0.05) is 0 Å². The van der Waals surface area contributed by atoms with Crippen LogP contribution >= 0.6 is 31.8 Å². The first-order valence-electron chi connectivity index (χ1n) is 5.60. The molecular formula is C12H21Cl3O2Se. The van der Waals surface area contributed by atoms with E-state index >= 15 is 0 Å². The monoisotopic (exact) mass is 382 g/mol. The second-order valence-corrected chi connectivity index (χ2v) is 18.1. The molecule has 0 aromatic rings. The van der Waals surface area contributed by atoms with Crippen molar-refractivity contribution in [3.63, 3.8) is 0 Å². The number of halogens is 3. The van der Waals surface area contributed by atoms with Gasteiger partial charge < -0.3 is 0 Å². The second kappa shape index (κ2) is 6.01. The summed E-state index contributed by atoms with van der Waals surface area (Å²) < 4.78 is -0.948. The van der Waals surface area contributed by atoms with Crippen molar-refractivity contribution >= 4 is 54.4 Å². The Morgan fingerprint density at radius 2 is 1.39 bits per heavy atom. The minimum atomic E-state index is -3.34. The van der Waals surface area contributed by atoms with Crippen LogP contribution in [-0.2, 0) is 9.59 Å². The van der Waals surface area contributed by atoms with Gasteiger partial charge in [-0.25, -0.2) is 0 Å². The predicted molar refractivity (Wildman–Crippen MR) is 80.8 cm³/mol. The molecule has 6 heteroatoms. The first kappa shape index (κ1) is 18.7. The third kappa shape index (κ3) is 5.38. The molecule has 0 aromatic heterocycles. The molecule has 0 aliphatic carbocycles. The van der Waals surface area contributed by atoms with Gasteiger partial charge in [0.05, 0.1) is 0 Å². The van der Waals surface area contributed by atoms with E-state index in [0.29, 0.717) is 0 Å². The zero-order valence-corrected chi connectivity index (χ0v) is 15.6. The van der Waals surface area contributed by atoms with Crippen molar-refractivity contribution in [2.45, 2.75) is 51.1 Å². The molecule has 0 rings (SSSR count). The van der Waals surface area contributed by atoms with Gasteiger partial charge in [0.1, 0.15) is 0 Å². The fraction of sp³-hybridized carbons (Fsp3) is 0.833. The Kier molecular flexibility index (Phi) is 6.26. The summed E-state index contributed by atoms with van der Waals surface area (Å²) >= 11 is 2.77. The van der Waals surface area contributed by atoms with Gasteiger partial charge in [0.2, 0.25) is 0 Å². The van der Waals surface area contributed by atoms with Crippen LogP contribution in [0, 0.1) is 10.8 Å². The predicted octanol–water partition coefficient (Wildman–Crippen LogP) is 4.28. The van der Waals surface area contributed by atoms with Crippen LogP contribution in [-0.4, -0.2) is 26.9 Å². The van der Waals surface area contributed by atoms with E-state index in [1.807, 2.05) is 0 Å². The summed E-state index contributed by atoms with van der Waals surface area (Å²) in [5, 5.41) is 0.0130. The molecule has 0 heterocycles. The van der Waals surface area contributed by atoms with E-state index in [2.05, 4.69) is 0 Å². The van der Waals surface area contributed by atoms with E-state index in [0.717, 1.165) is 0 Å². The number of ketones is 2. The zero-order valence-electron chi connectivity index (χ0n) is 11.6. The van der Waals surface area contributed by atoms with Crippen molar-refractivity contribution in [2.75, 3.05) is 0 Å². The minimum absolute atomic E-state index is 0.0130. The molecule has 0 aromatic carbocycles. The van der Waals surface area contributed by atoms with Crippen molar-refractivity contribution < 1.29 is 9.59 Å². The van der Waals surface area contributed by atoms with Gasteiger partial charge in [0.25, 0.3) is 0 Å². The number of alkyl halides is 1. The molecule has 0 saturated carbocycles. The van der Waals surface area contributed by atoms with Crippen molar-refractivity contribution in [2.24, 2.45) is 10.8 Å². The molecule has 0 bridgehead atoms. The normalized spacial score (nSPS) is 16.3. The summed E-state index contributed by atoms with van der Waals surface area (Å²) in [5.74, 6) is -0.254. The molecule has 1 atom stereocenters. The molecule has 0 N–H and O–H groups in total. The number of rotatable bonds is 4. The third-order valence-corrected chi connectivity index (χ3v) is 11.2. The molecule has 0 saturated heterocycles. The van der Waals surface area contributed by atoms with Gasteiger partial charge in [-0.05, 0) is 0 Å². The summed E-state index contributed by atoms with van der Waals surface area (Å²) in [4.78, 5) is 24.0. The average molecular weight is 383 g/mol. The summed E-state index contributed by atoms with van der Waals surface area (Å²) in [6.45, 7) is 10.7. The van der Waals surface area contributed by atoms with Crippen LogP contribution in [0.25, 0.3) is 0 Å². The van der Waals surface area contributed by atoms with Crippen molar-refractivity contribution in [3.05, 3.63) is 0 Å². The van der Waals surface area contributed by atoms with Crippen LogP contribution in [0.5, 0.6) is 0 Å². The van der Waals surface area contributed by atoms with E-state index < -0.39 is 26.1 Å². The number of hydrogen-bond donors (Lipinski definition) is 0. The quantitative estimate of drug-likeness (QED) is 0.537. The summed E-state index contributed by atoms with van der Waals surface area (Å²) in [6.07, 6.45) is 0. The second-order valence-electron chi connectivity index (χ2n) is 6.37. The van der Waals surface area contributed by atoms with Crippen LogP contribution in [0.4, 0.5) is 0 Å². The van der Waals surface area contributed by atoms with Gasteiger partial charge in [-0.2, -0.15) is 0 Å². The van der Waals surface area contributed by atoms with Gasteiger partial charge in [-0.1, -0.05) is 0 Å². The van der Waals surface area contributed by atoms with E-state index in [1.165, 1.54) is 0 Å². The van der Waals surface area contributed by atoms with E-state index in [1.54, 1.807) is 41.5 Å². The Bertz CT molecular complexity index is 340. The first-order valence-corrected chi connectivity index (χ1v) is 12.7. The Balaban J connectivity index is 4.95. The molecule has 18 heavy (non-hydrogen) atoms. The number of carbonyl (C=O) groups excluding carboxylic acids is 2. The van der Waals surface area contributed by atoms with Crippen molar-refractivity contribution in [1.82, 2.24) is 0 Å². The Hall–Kier alpha value is 0.729. The van der Waals surface area contributed by atoms with Crippen molar-refractivity contribution in [1.29, 1.82) is 0 Å². The molecule has 0 spiro atoms. The van der Waals surface area contributed by atoms with E-state index in [-0.39, 0.29) is 16.9 Å². The molecular weight excluding hydrogens is 361 g/mol. The average Bonchev–Trinajstić information content (AvgIpc) is 2.11. The summed E-state index contributed by atoms with van der Waals surface area (Å²) in [7, 11) is 12.5. The Labute approximate surface area is 125 Å². The molecule has 2 nitrogen and oxygen atoms in total. The van der Waals surface area contributed by atoms with Crippen LogP contribution < -0.4 is 0 Å². The fourth-order valence-corrected chi connectivity index (χ4v) is 6.83. The molecule has 0 aliphatic heterocycles. The topological polar surface area (TPSA) is 34.1 Å². The third-order valence-electron chi connectivity index (χ3n) is 2.41. The zero-order chi connectivity index (χ0) is 14.9. The van der Waals surface area contributed by atoms with Crippen LogP contribution in [0.1, 0.15) is 41.5 Å². The van der Waals surface area contributed by atoms with Gasteiger partial charge in [-0.3, -0.25) is 0 Å². The molecule has 0 fully saturated rings. The van der Waals surface area contributed by atoms with Gasteiger partial charge >= 0.3 is 126 Å². The summed E-state index contributed by atoms with van der Waals surface area (Å²) in [5.41, 5.74) is -1.13. The number of carbonyl (C=O) groups is 2. The van der Waals surface area contributed by atoms with E-state index in [4.69, 9.17) is 31.8 Å². The molecule has 0 amide bonds. The van der Waals surface area contributed by atoms with Gasteiger partial charge in [0.15, 0.2) is 0 Å². The Morgan fingerprint density at radius 3 is 1.67 bits per heavy atom. The number of hydrogen-bond acceptors (Lipinski definition) is 2. The maximum atomic E-state index is 12.1. The molecule has 1 unspecified atom stereocenters. The van der Waals surface area contributed by atoms with Crippen molar-refractivity contribution in [3.8, 4) is 0 Å². The summed E-state index contributed by atoms with van der Waals surface area (Å²) in [6, 6.07) is 0. The number of Topliss-reactive ketones (excluding diaryl/α,β-unsaturated/α-hetero) is 2. The van der Waals surface area contributed by atoms with Gasteiger partial charge in [-0.15, -0.1) is 0 Å². The van der Waals surface area contributed by atoms with Crippen LogP contribution in [0.15, 0.2) is 0 Å². The standard InChI is InChI=1S/C12H21Cl3O2Se/c1-11(2,3)8(16)7-18(14,15)10(13)9(17)12(4,5)6/h10H,7H2,1-6H3. The molecule has 0 radical (unpaired) electrons. The molecule has 108 valence electrons. The Morgan fingerprint density at radius 1 is 1.00 bits per heavy atom. The van der Waals surface area contributed by atoms with Crippen LogP contribution in [0.2, 0.25) is 5.32 Å². The SMILES string of the molecule is CC(C)(C)C(=O)C[Se](Cl)(Cl)C(Cl)C(=O)C(C)(C)C. The van der Waals surface area contributed by atoms with E-state index in [9.17, 15) is 9.59 Å². The van der Waals surface area contributed by atoms with Crippen LogP contribution in [0.3, 0.4) is 0 Å². The molecule has 0 aliphatic rings. The fourth-order valence-electron chi connectivity index (χ4n) is 0.961.